The van der Waals surface area contributed by atoms with Crippen LogP contribution in [0.3, 0.4) is 0 Å². The van der Waals surface area contributed by atoms with Gasteiger partial charge in [0.1, 0.15) is 23.0 Å². The van der Waals surface area contributed by atoms with Gasteiger partial charge in [-0.25, -0.2) is 0 Å². The Morgan fingerprint density at radius 2 is 0.730 bits per heavy atom. The molecule has 4 heterocycles. The van der Waals surface area contributed by atoms with E-state index in [1.165, 1.54) is 0 Å². The van der Waals surface area contributed by atoms with Crippen LogP contribution in [0.15, 0.2) is 224 Å². The van der Waals surface area contributed by atoms with Crippen molar-refractivity contribution in [3.05, 3.63) is 224 Å². The van der Waals surface area contributed by atoms with Crippen LogP contribution in [0.5, 0.6) is 23.0 Å². The quantitative estimate of drug-likeness (QED) is 0.157. The lowest BCUT2D eigenvalue weighted by Crippen LogP contribution is -2.57. The zero-order valence-corrected chi connectivity index (χ0v) is 34.2. The number of nitrogens with zero attached hydrogens (tertiary/aromatic N) is 2. The molecule has 5 heteroatoms. The fraction of sp³-hybridized carbons (Fsp3) is 0. The monoisotopic (exact) mass is 804 g/mol. The summed E-state index contributed by atoms with van der Waals surface area (Å²) in [7, 11) is 0. The summed E-state index contributed by atoms with van der Waals surface area (Å²) in [5.74, 6) is 3.40. The van der Waals surface area contributed by atoms with E-state index >= 15 is 0 Å². The average Bonchev–Trinajstić information content (AvgIpc) is 3.94. The molecule has 0 fully saturated rings. The van der Waals surface area contributed by atoms with E-state index in [9.17, 15) is 0 Å². The highest BCUT2D eigenvalue weighted by atomic mass is 16.5. The van der Waals surface area contributed by atoms with Gasteiger partial charge in [0.15, 0.2) is 0 Å². The molecule has 0 amide bonds. The number of hydrogen-bond acceptors (Lipinski definition) is 2. The number of fused-ring (bicyclic) bond motifs is 6. The highest BCUT2D eigenvalue weighted by molar-refractivity contribution is 6.98. The molecule has 0 N–H and O–H groups in total. The first-order valence-corrected chi connectivity index (χ1v) is 21.5. The van der Waals surface area contributed by atoms with Crippen molar-refractivity contribution in [2.24, 2.45) is 0 Å². The zero-order chi connectivity index (χ0) is 41.4. The SMILES string of the molecule is c1ccc(-c2cc3cc(-c4cc(-c5ccc6c(c5)cc(-c5ccccc5)n6-c5ccccc5)c5c6c4Oc4ccccc4B6c4ccccc4O5)ccc3n2-c2ccccc2)cc1. The van der Waals surface area contributed by atoms with Crippen molar-refractivity contribution in [3.8, 4) is 79.1 Å². The van der Waals surface area contributed by atoms with Gasteiger partial charge in [-0.15, -0.1) is 0 Å². The number of rotatable bonds is 6. The van der Waals surface area contributed by atoms with Gasteiger partial charge in [-0.3, -0.25) is 0 Å². The predicted octanol–water partition coefficient (Wildman–Crippen LogP) is 13.0. The van der Waals surface area contributed by atoms with Crippen molar-refractivity contribution >= 4 is 44.9 Å². The van der Waals surface area contributed by atoms with Crippen LogP contribution in [0.4, 0.5) is 0 Å². The molecule has 0 atom stereocenters. The minimum Gasteiger partial charge on any atom is -0.458 e. The van der Waals surface area contributed by atoms with Crippen LogP contribution in [-0.2, 0) is 0 Å². The van der Waals surface area contributed by atoms with Gasteiger partial charge in [-0.2, -0.15) is 0 Å². The van der Waals surface area contributed by atoms with E-state index in [1.54, 1.807) is 0 Å². The second kappa shape index (κ2) is 14.2. The Morgan fingerprint density at radius 3 is 1.17 bits per heavy atom. The van der Waals surface area contributed by atoms with Crippen LogP contribution in [0.1, 0.15) is 0 Å². The summed E-state index contributed by atoms with van der Waals surface area (Å²) >= 11 is 0. The Bertz CT molecular complexity index is 3330. The summed E-state index contributed by atoms with van der Waals surface area (Å²) in [5, 5.41) is 2.29. The first kappa shape index (κ1) is 35.5. The molecule has 9 aromatic carbocycles. The molecule has 0 spiro atoms. The average molecular weight is 805 g/mol. The minimum atomic E-state index is -0.0799. The fourth-order valence-corrected chi connectivity index (χ4v) is 10.0. The normalized spacial score (nSPS) is 12.3. The number of hydrogen-bond donors (Lipinski definition) is 0. The van der Waals surface area contributed by atoms with Gasteiger partial charge >= 0.3 is 0 Å². The summed E-state index contributed by atoms with van der Waals surface area (Å²) in [6.07, 6.45) is 0. The molecule has 13 rings (SSSR count). The van der Waals surface area contributed by atoms with E-state index in [0.29, 0.717) is 0 Å². The van der Waals surface area contributed by atoms with Gasteiger partial charge in [0, 0.05) is 38.7 Å². The molecule has 0 aliphatic carbocycles. The van der Waals surface area contributed by atoms with Crippen molar-refractivity contribution in [2.45, 2.75) is 0 Å². The van der Waals surface area contributed by atoms with Crippen LogP contribution in [-0.4, -0.2) is 15.8 Å². The molecule has 294 valence electrons. The molecule has 11 aromatic rings. The summed E-state index contributed by atoms with van der Waals surface area (Å²) < 4.78 is 18.9. The lowest BCUT2D eigenvalue weighted by molar-refractivity contribution is 0.467. The first-order valence-electron chi connectivity index (χ1n) is 21.5. The minimum absolute atomic E-state index is 0.0799. The van der Waals surface area contributed by atoms with Crippen LogP contribution in [0.2, 0.25) is 0 Å². The molecular formula is C58H37BN2O2. The molecule has 0 unspecified atom stereocenters. The van der Waals surface area contributed by atoms with E-state index in [4.69, 9.17) is 9.47 Å². The molecule has 2 aromatic heterocycles. The molecule has 0 radical (unpaired) electrons. The van der Waals surface area contributed by atoms with Crippen molar-refractivity contribution in [1.82, 2.24) is 9.13 Å². The largest absolute Gasteiger partial charge is 0.458 e. The molecular weight excluding hydrogens is 767 g/mol. The first-order chi connectivity index (χ1) is 31.2. The van der Waals surface area contributed by atoms with Gasteiger partial charge in [0.05, 0.1) is 22.4 Å². The second-order valence-corrected chi connectivity index (χ2v) is 16.4. The molecule has 0 saturated carbocycles. The maximum absolute atomic E-state index is 7.09. The van der Waals surface area contributed by atoms with Crippen LogP contribution < -0.4 is 25.9 Å². The van der Waals surface area contributed by atoms with Gasteiger partial charge < -0.3 is 18.6 Å². The fourth-order valence-electron chi connectivity index (χ4n) is 10.0. The lowest BCUT2D eigenvalue weighted by atomic mass is 9.34. The van der Waals surface area contributed by atoms with Crippen LogP contribution in [0.25, 0.3) is 77.9 Å². The van der Waals surface area contributed by atoms with Crippen LogP contribution >= 0.6 is 0 Å². The number of benzene rings is 9. The van der Waals surface area contributed by atoms with Crippen molar-refractivity contribution in [3.63, 3.8) is 0 Å². The maximum Gasteiger partial charge on any atom is 0.260 e. The van der Waals surface area contributed by atoms with Gasteiger partial charge in [-0.1, -0.05) is 146 Å². The second-order valence-electron chi connectivity index (χ2n) is 16.4. The lowest BCUT2D eigenvalue weighted by Gasteiger charge is -2.35. The predicted molar refractivity (Wildman–Crippen MR) is 260 cm³/mol. The van der Waals surface area contributed by atoms with E-state index in [1.807, 2.05) is 0 Å². The molecule has 63 heavy (non-hydrogen) atoms. The molecule has 0 bridgehead atoms. The van der Waals surface area contributed by atoms with Crippen molar-refractivity contribution in [2.75, 3.05) is 0 Å². The van der Waals surface area contributed by atoms with Gasteiger partial charge in [0.25, 0.3) is 6.71 Å². The van der Waals surface area contributed by atoms with Gasteiger partial charge in [-0.05, 0) is 112 Å². The summed E-state index contributed by atoms with van der Waals surface area (Å²) in [6.45, 7) is -0.0799. The molecule has 2 aliphatic rings. The number of para-hydroxylation sites is 4. The van der Waals surface area contributed by atoms with E-state index < -0.39 is 0 Å². The van der Waals surface area contributed by atoms with Gasteiger partial charge in [0.2, 0.25) is 0 Å². The Hall–Kier alpha value is -8.28. The summed E-state index contributed by atoms with van der Waals surface area (Å²) in [4.78, 5) is 0. The standard InChI is InChI=1S/C58H37BN2O2/c1-5-17-38(18-6-1)52-35-42-33-40(29-31-50(42)60(52)44-21-9-3-10-22-44)46-37-47(58-56-57(46)62-54-27-15-13-25-48(54)59(56)49-26-14-16-28-55(49)63-58)41-30-32-51-43(34-41)36-53(39-19-7-2-8-20-39)61(51)45-23-11-4-12-24-45/h1-37H. The molecule has 0 saturated heterocycles. The topological polar surface area (TPSA) is 28.3 Å². The van der Waals surface area contributed by atoms with Crippen molar-refractivity contribution < 1.29 is 9.47 Å². The molecule has 4 nitrogen and oxygen atoms in total. The maximum atomic E-state index is 7.09. The Morgan fingerprint density at radius 1 is 0.333 bits per heavy atom. The Kier molecular flexibility index (Phi) is 7.97. The van der Waals surface area contributed by atoms with Crippen molar-refractivity contribution in [1.29, 1.82) is 0 Å². The Balaban J connectivity index is 1.07. The van der Waals surface area contributed by atoms with E-state index in [-0.39, 0.29) is 6.71 Å². The third-order valence-corrected chi connectivity index (χ3v) is 12.8. The smallest absolute Gasteiger partial charge is 0.260 e. The van der Waals surface area contributed by atoms with Crippen LogP contribution in [0, 0.1) is 0 Å². The third kappa shape index (κ3) is 5.63. The summed E-state index contributed by atoms with van der Waals surface area (Å²) in [6, 6.07) is 80.2. The Labute approximate surface area is 365 Å². The van der Waals surface area contributed by atoms with E-state index in [2.05, 4.69) is 234 Å². The zero-order valence-electron chi connectivity index (χ0n) is 34.2. The highest BCUT2D eigenvalue weighted by Crippen LogP contribution is 2.47. The number of aromatic nitrogens is 2. The third-order valence-electron chi connectivity index (χ3n) is 12.8. The highest BCUT2D eigenvalue weighted by Gasteiger charge is 2.42. The van der Waals surface area contributed by atoms with E-state index in [0.717, 1.165) is 117 Å². The molecule has 2 aliphatic heterocycles. The summed E-state index contributed by atoms with van der Waals surface area (Å²) in [5.41, 5.74) is 16.6. The number of ether oxygens (including phenoxy) is 2.